The number of imide groups is 1. The van der Waals surface area contributed by atoms with E-state index in [2.05, 4.69) is 55.3 Å². The van der Waals surface area contributed by atoms with Gasteiger partial charge in [-0.05, 0) is 65.8 Å². The molecule has 45 heavy (non-hydrogen) atoms. The lowest BCUT2D eigenvalue weighted by molar-refractivity contribution is -0.146. The summed E-state index contributed by atoms with van der Waals surface area (Å²) in [5.41, 5.74) is 1.25. The van der Waals surface area contributed by atoms with Crippen LogP contribution in [0.5, 0.6) is 0 Å². The first-order valence-corrected chi connectivity index (χ1v) is 16.7. The number of hydrogen-bond acceptors (Lipinski definition) is 6. The molecule has 2 N–H and O–H groups in total. The van der Waals surface area contributed by atoms with Gasteiger partial charge < -0.3 is 10.3 Å². The predicted octanol–water partition coefficient (Wildman–Crippen LogP) is 6.25. The highest BCUT2D eigenvalue weighted by Crippen LogP contribution is 2.68. The van der Waals surface area contributed by atoms with Gasteiger partial charge in [-0.1, -0.05) is 62.4 Å². The number of aromatic amines is 1. The van der Waals surface area contributed by atoms with Crippen molar-refractivity contribution in [2.24, 2.45) is 29.6 Å². The maximum atomic E-state index is 14.0. The number of hydrogen-bond donors (Lipinski definition) is 2. The quantitative estimate of drug-likeness (QED) is 0.324. The lowest BCUT2D eigenvalue weighted by atomic mass is 9.68. The van der Waals surface area contributed by atoms with E-state index in [4.69, 9.17) is 0 Å². The minimum atomic E-state index is -4.58. The molecule has 3 aromatic rings. The van der Waals surface area contributed by atoms with E-state index in [9.17, 15) is 32.3 Å². The second-order valence-corrected chi connectivity index (χ2v) is 15.8. The molecule has 7 nitrogen and oxygen atoms in total. The molecule has 8 atom stereocenters. The number of halogens is 3. The first-order valence-electron chi connectivity index (χ1n) is 15.0. The minimum Gasteiger partial charge on any atom is -0.324 e. The van der Waals surface area contributed by atoms with E-state index in [0.29, 0.717) is 6.42 Å². The lowest BCUT2D eigenvalue weighted by Gasteiger charge is -2.43. The molecule has 7 rings (SSSR count). The van der Waals surface area contributed by atoms with Crippen molar-refractivity contribution in [3.63, 3.8) is 0 Å². The smallest absolute Gasteiger partial charge is 0.324 e. The van der Waals surface area contributed by atoms with Gasteiger partial charge in [0.1, 0.15) is 6.04 Å². The number of thioether (sulfide) groups is 1. The summed E-state index contributed by atoms with van der Waals surface area (Å²) in [6, 6.07) is 11.5. The zero-order chi connectivity index (χ0) is 32.2. The summed E-state index contributed by atoms with van der Waals surface area (Å²) in [6.07, 6.45) is -3.87. The molecule has 3 fully saturated rings. The average Bonchev–Trinajstić information content (AvgIpc) is 3.70. The van der Waals surface area contributed by atoms with Crippen LogP contribution in [0.4, 0.5) is 18.9 Å². The Kier molecular flexibility index (Phi) is 6.94. The van der Waals surface area contributed by atoms with Gasteiger partial charge in [0.2, 0.25) is 17.7 Å². The topological polar surface area (TPSA) is 99.3 Å². The molecule has 2 bridgehead atoms. The summed E-state index contributed by atoms with van der Waals surface area (Å²) in [7, 11) is 0. The van der Waals surface area contributed by atoms with E-state index in [1.165, 1.54) is 36.0 Å². The highest BCUT2D eigenvalue weighted by atomic mass is 32.2. The van der Waals surface area contributed by atoms with Crippen molar-refractivity contribution >= 4 is 46.5 Å². The first-order chi connectivity index (χ1) is 21.1. The molecule has 12 heteroatoms. The average molecular weight is 656 g/mol. The van der Waals surface area contributed by atoms with Crippen LogP contribution in [0, 0.1) is 29.6 Å². The largest absolute Gasteiger partial charge is 0.416 e. The Morgan fingerprint density at radius 3 is 2.29 bits per heavy atom. The number of anilines is 1. The van der Waals surface area contributed by atoms with Crippen molar-refractivity contribution in [3.05, 3.63) is 79.8 Å². The molecular formula is C33H32F3N3O4S2. The van der Waals surface area contributed by atoms with Crippen LogP contribution < -0.4 is 10.2 Å². The van der Waals surface area contributed by atoms with Crippen LogP contribution in [0.2, 0.25) is 0 Å². The number of thiazole rings is 1. The number of nitrogens with zero attached hydrogens (tertiary/aromatic N) is 1. The summed E-state index contributed by atoms with van der Waals surface area (Å²) in [6.45, 7) is 7.88. The van der Waals surface area contributed by atoms with Crippen LogP contribution in [0.25, 0.3) is 0 Å². The summed E-state index contributed by atoms with van der Waals surface area (Å²) < 4.78 is 39.6. The molecule has 2 aliphatic heterocycles. The zero-order valence-electron chi connectivity index (χ0n) is 25.0. The van der Waals surface area contributed by atoms with Crippen molar-refractivity contribution in [1.29, 1.82) is 0 Å². The Morgan fingerprint density at radius 2 is 1.64 bits per heavy atom. The summed E-state index contributed by atoms with van der Waals surface area (Å²) in [5.74, 6) is -3.01. The number of nitrogens with one attached hydrogen (secondary N) is 2. The molecule has 3 amide bonds. The molecule has 236 valence electrons. The van der Waals surface area contributed by atoms with E-state index in [0.717, 1.165) is 32.5 Å². The van der Waals surface area contributed by atoms with Gasteiger partial charge in [-0.15, -0.1) is 11.8 Å². The van der Waals surface area contributed by atoms with Crippen molar-refractivity contribution in [1.82, 2.24) is 9.88 Å². The predicted molar refractivity (Wildman–Crippen MR) is 165 cm³/mol. The van der Waals surface area contributed by atoms with Crippen LogP contribution in [0.3, 0.4) is 0 Å². The van der Waals surface area contributed by atoms with Gasteiger partial charge in [-0.2, -0.15) is 13.2 Å². The molecule has 3 heterocycles. The third-order valence-corrected chi connectivity index (χ3v) is 12.7. The van der Waals surface area contributed by atoms with E-state index in [1.54, 1.807) is 11.8 Å². The number of benzene rings is 2. The maximum Gasteiger partial charge on any atom is 0.416 e. The summed E-state index contributed by atoms with van der Waals surface area (Å²) in [5, 5.41) is 3.29. The van der Waals surface area contributed by atoms with Crippen molar-refractivity contribution in [2.75, 3.05) is 5.32 Å². The fourth-order valence-corrected chi connectivity index (χ4v) is 11.0. The normalized spacial score (nSPS) is 29.4. The fraction of sp³-hybridized carbons (Fsp3) is 0.455. The fourth-order valence-electron chi connectivity index (χ4n) is 8.12. The first kappa shape index (κ1) is 30.3. The highest BCUT2D eigenvalue weighted by molar-refractivity contribution is 8.00. The number of amides is 3. The van der Waals surface area contributed by atoms with Crippen LogP contribution in [-0.2, 0) is 26.0 Å². The standard InChI is InChI=1S/C33H32F3N3O4S2/c1-14(27(40)37-18-7-5-6-17(12-18)33(34,35)36)39-29(41)23-19-13-20(24(23)30(39)42)25-22(19)21(26-28(44-25)38-31(43)45-26)15-8-10-16(11-9-15)32(2,3)4/h5-12,14,19-25H,13H2,1-4H3,(H,37,40)(H,38,43). The Hall–Kier alpha value is -3.38. The van der Waals surface area contributed by atoms with Crippen molar-refractivity contribution in [3.8, 4) is 0 Å². The van der Waals surface area contributed by atoms with Crippen LogP contribution >= 0.6 is 23.1 Å². The van der Waals surface area contributed by atoms with Gasteiger partial charge in [-0.25, -0.2) is 0 Å². The van der Waals surface area contributed by atoms with Gasteiger partial charge in [0, 0.05) is 21.7 Å². The third kappa shape index (κ3) is 4.78. The number of H-pyrrole nitrogens is 1. The van der Waals surface area contributed by atoms with Crippen LogP contribution in [-0.4, -0.2) is 38.9 Å². The van der Waals surface area contributed by atoms with Gasteiger partial charge in [-0.3, -0.25) is 24.1 Å². The molecule has 4 aliphatic rings. The van der Waals surface area contributed by atoms with E-state index >= 15 is 0 Å². The van der Waals surface area contributed by atoms with E-state index in [1.807, 2.05) is 0 Å². The van der Waals surface area contributed by atoms with E-state index < -0.39 is 47.3 Å². The summed E-state index contributed by atoms with van der Waals surface area (Å²) in [4.78, 5) is 58.5. The molecular weight excluding hydrogens is 624 g/mol. The maximum absolute atomic E-state index is 14.0. The number of aromatic nitrogens is 1. The molecule has 2 aliphatic carbocycles. The minimum absolute atomic E-state index is 0.00670. The Bertz CT molecular complexity index is 1780. The number of rotatable bonds is 4. The number of fused-ring (bicyclic) bond motifs is 9. The van der Waals surface area contributed by atoms with Crippen molar-refractivity contribution in [2.45, 2.75) is 67.9 Å². The number of carbonyl (C=O) groups is 3. The lowest BCUT2D eigenvalue weighted by Crippen LogP contribution is -2.46. The van der Waals surface area contributed by atoms with Crippen LogP contribution in [0.15, 0.2) is 58.4 Å². The summed E-state index contributed by atoms with van der Waals surface area (Å²) >= 11 is 2.79. The Labute approximate surface area is 266 Å². The number of alkyl halides is 3. The highest BCUT2D eigenvalue weighted by Gasteiger charge is 2.70. The second kappa shape index (κ2) is 10.3. The molecule has 2 aromatic carbocycles. The van der Waals surface area contributed by atoms with E-state index in [-0.39, 0.29) is 44.9 Å². The molecule has 0 spiro atoms. The van der Waals surface area contributed by atoms with Crippen molar-refractivity contribution < 1.29 is 27.6 Å². The Balaban J connectivity index is 1.18. The third-order valence-electron chi connectivity index (χ3n) is 10.1. The van der Waals surface area contributed by atoms with Gasteiger partial charge in [0.15, 0.2) is 0 Å². The monoisotopic (exact) mass is 655 g/mol. The molecule has 1 saturated heterocycles. The van der Waals surface area contributed by atoms with Gasteiger partial charge >= 0.3 is 11.0 Å². The van der Waals surface area contributed by atoms with Gasteiger partial charge in [0.05, 0.1) is 22.4 Å². The zero-order valence-corrected chi connectivity index (χ0v) is 26.6. The van der Waals surface area contributed by atoms with Crippen LogP contribution in [0.1, 0.15) is 61.6 Å². The molecule has 2 saturated carbocycles. The second-order valence-electron chi connectivity index (χ2n) is 13.6. The number of likely N-dealkylation sites (tertiary alicyclic amines) is 1. The number of carbonyl (C=O) groups excluding carboxylic acids is 3. The molecule has 0 radical (unpaired) electrons. The Morgan fingerprint density at radius 1 is 0.978 bits per heavy atom. The SMILES string of the molecule is CC(C(=O)Nc1cccc(C(F)(F)F)c1)N1C(=O)C2C3CC(C2C1=O)C1C(c2ccc(C(C)(C)C)cc2)c2sc(=O)[nH]c2SC31. The molecule has 1 aromatic heterocycles. The van der Waals surface area contributed by atoms with Gasteiger partial charge in [0.25, 0.3) is 0 Å². The molecule has 8 unspecified atom stereocenters.